The van der Waals surface area contributed by atoms with Crippen LogP contribution in [0.4, 0.5) is 14.3 Å². The van der Waals surface area contributed by atoms with Crippen molar-refractivity contribution >= 4 is 45.7 Å². The number of benzene rings is 1. The second-order valence-electron chi connectivity index (χ2n) is 6.32. The van der Waals surface area contributed by atoms with Gasteiger partial charge in [-0.2, -0.15) is 0 Å². The van der Waals surface area contributed by atoms with Crippen molar-refractivity contribution in [1.29, 1.82) is 0 Å². The Labute approximate surface area is 173 Å². The van der Waals surface area contributed by atoms with E-state index >= 15 is 0 Å². The highest BCUT2D eigenvalue weighted by molar-refractivity contribution is 7.16. The first-order valence-electron chi connectivity index (χ1n) is 8.65. The number of carbonyl (C=O) groups is 3. The van der Waals surface area contributed by atoms with Crippen molar-refractivity contribution in [2.24, 2.45) is 0 Å². The minimum atomic E-state index is -0.965. The molecule has 1 aliphatic rings. The van der Waals surface area contributed by atoms with Gasteiger partial charge in [0.05, 0.1) is 23.5 Å². The van der Waals surface area contributed by atoms with Crippen LogP contribution in [0.25, 0.3) is 10.6 Å². The van der Waals surface area contributed by atoms with E-state index in [-0.39, 0.29) is 13.0 Å². The predicted octanol–water partition coefficient (Wildman–Crippen LogP) is 3.46. The Hall–Kier alpha value is -3.11. The standard InChI is InChI=1S/C19H15FN4O3S2/c20-12-4-1-3-11(7-12)9-24-17(26)13(22-19(24)27)8-16(25)23-18-21-14(10-29-18)15-5-2-6-28-15/h1-7,10,13H,8-9H2,(H,22,27)(H,21,23,25)/t13-/m0/s1. The number of nitrogens with zero attached hydrogens (tertiary/aromatic N) is 2. The lowest BCUT2D eigenvalue weighted by atomic mass is 10.1. The lowest BCUT2D eigenvalue weighted by Crippen LogP contribution is -2.34. The van der Waals surface area contributed by atoms with Crippen LogP contribution >= 0.6 is 22.7 Å². The number of imide groups is 1. The molecule has 0 spiro atoms. The molecular formula is C19H15FN4O3S2. The summed E-state index contributed by atoms with van der Waals surface area (Å²) in [6, 6.07) is 7.95. The number of halogens is 1. The Balaban J connectivity index is 1.36. The smallest absolute Gasteiger partial charge is 0.325 e. The highest BCUT2D eigenvalue weighted by atomic mass is 32.1. The molecule has 29 heavy (non-hydrogen) atoms. The molecule has 1 fully saturated rings. The average molecular weight is 430 g/mol. The second kappa shape index (κ2) is 8.10. The molecule has 148 valence electrons. The molecule has 1 saturated heterocycles. The third-order valence-electron chi connectivity index (χ3n) is 4.25. The van der Waals surface area contributed by atoms with Crippen LogP contribution in [0.2, 0.25) is 0 Å². The molecule has 0 bridgehead atoms. The summed E-state index contributed by atoms with van der Waals surface area (Å²) in [5.41, 5.74) is 1.26. The molecule has 10 heteroatoms. The van der Waals surface area contributed by atoms with Crippen molar-refractivity contribution in [3.05, 3.63) is 58.5 Å². The van der Waals surface area contributed by atoms with Gasteiger partial charge in [0.2, 0.25) is 5.91 Å². The molecule has 0 unspecified atom stereocenters. The summed E-state index contributed by atoms with van der Waals surface area (Å²) in [4.78, 5) is 43.3. The summed E-state index contributed by atoms with van der Waals surface area (Å²) >= 11 is 2.83. The van der Waals surface area contributed by atoms with Crippen LogP contribution in [0.5, 0.6) is 0 Å². The molecule has 2 N–H and O–H groups in total. The predicted molar refractivity (Wildman–Crippen MR) is 108 cm³/mol. The first-order valence-corrected chi connectivity index (χ1v) is 10.4. The van der Waals surface area contributed by atoms with Crippen molar-refractivity contribution in [2.75, 3.05) is 5.32 Å². The third kappa shape index (κ3) is 4.33. The van der Waals surface area contributed by atoms with Crippen LogP contribution < -0.4 is 10.6 Å². The molecule has 4 rings (SSSR count). The van der Waals surface area contributed by atoms with Crippen molar-refractivity contribution in [2.45, 2.75) is 19.0 Å². The highest BCUT2D eigenvalue weighted by Crippen LogP contribution is 2.28. The summed E-state index contributed by atoms with van der Waals surface area (Å²) in [6.45, 7) is -0.0583. The number of aromatic nitrogens is 1. The van der Waals surface area contributed by atoms with Gasteiger partial charge in [0.15, 0.2) is 5.13 Å². The maximum atomic E-state index is 13.3. The fraction of sp³-hybridized carbons (Fsp3) is 0.158. The zero-order chi connectivity index (χ0) is 20.4. The minimum Gasteiger partial charge on any atom is -0.325 e. The molecule has 3 aromatic rings. The molecular weight excluding hydrogens is 415 g/mol. The van der Waals surface area contributed by atoms with E-state index in [4.69, 9.17) is 0 Å². The number of anilines is 1. The van der Waals surface area contributed by atoms with Gasteiger partial charge in [-0.15, -0.1) is 22.7 Å². The third-order valence-corrected chi connectivity index (χ3v) is 5.90. The number of urea groups is 1. The van der Waals surface area contributed by atoms with Gasteiger partial charge in [0, 0.05) is 5.38 Å². The monoisotopic (exact) mass is 430 g/mol. The summed E-state index contributed by atoms with van der Waals surface area (Å²) < 4.78 is 13.3. The number of carbonyl (C=O) groups excluding carboxylic acids is 3. The van der Waals surface area contributed by atoms with Crippen LogP contribution in [0.15, 0.2) is 47.2 Å². The van der Waals surface area contributed by atoms with E-state index in [1.54, 1.807) is 17.4 Å². The topological polar surface area (TPSA) is 91.4 Å². The molecule has 0 aliphatic carbocycles. The zero-order valence-electron chi connectivity index (χ0n) is 14.9. The van der Waals surface area contributed by atoms with E-state index in [1.165, 1.54) is 29.5 Å². The highest BCUT2D eigenvalue weighted by Gasteiger charge is 2.39. The van der Waals surface area contributed by atoms with Gasteiger partial charge >= 0.3 is 6.03 Å². The normalized spacial score (nSPS) is 16.2. The van der Waals surface area contributed by atoms with Gasteiger partial charge < -0.3 is 10.6 Å². The molecule has 7 nitrogen and oxygen atoms in total. The summed E-state index contributed by atoms with van der Waals surface area (Å²) in [7, 11) is 0. The van der Waals surface area contributed by atoms with E-state index < -0.39 is 29.7 Å². The number of thiazole rings is 1. The van der Waals surface area contributed by atoms with E-state index in [2.05, 4.69) is 15.6 Å². The van der Waals surface area contributed by atoms with E-state index in [1.807, 2.05) is 22.9 Å². The Bertz CT molecular complexity index is 1070. The van der Waals surface area contributed by atoms with Gasteiger partial charge in [-0.25, -0.2) is 14.2 Å². The molecule has 3 heterocycles. The molecule has 1 aliphatic heterocycles. The number of amides is 4. The molecule has 0 saturated carbocycles. The zero-order valence-corrected chi connectivity index (χ0v) is 16.6. The van der Waals surface area contributed by atoms with Gasteiger partial charge in [-0.1, -0.05) is 18.2 Å². The Morgan fingerprint density at radius 2 is 2.10 bits per heavy atom. The van der Waals surface area contributed by atoms with Crippen LogP contribution in [0, 0.1) is 5.82 Å². The van der Waals surface area contributed by atoms with Gasteiger partial charge in [-0.3, -0.25) is 14.5 Å². The van der Waals surface area contributed by atoms with E-state index in [9.17, 15) is 18.8 Å². The van der Waals surface area contributed by atoms with Gasteiger partial charge in [-0.05, 0) is 29.1 Å². The van der Waals surface area contributed by atoms with Crippen LogP contribution in [0.3, 0.4) is 0 Å². The molecule has 4 amide bonds. The maximum Gasteiger partial charge on any atom is 0.325 e. The van der Waals surface area contributed by atoms with Crippen LogP contribution in [-0.2, 0) is 16.1 Å². The average Bonchev–Trinajstić information content (AvgIpc) is 3.40. The number of thiophene rings is 1. The summed E-state index contributed by atoms with van der Waals surface area (Å²) in [5.74, 6) is -1.40. The summed E-state index contributed by atoms with van der Waals surface area (Å²) in [5, 5.41) is 9.36. The van der Waals surface area contributed by atoms with Crippen LogP contribution in [0.1, 0.15) is 12.0 Å². The van der Waals surface area contributed by atoms with Gasteiger partial charge in [0.1, 0.15) is 11.9 Å². The fourth-order valence-corrected chi connectivity index (χ4v) is 4.39. The Morgan fingerprint density at radius 1 is 1.24 bits per heavy atom. The Morgan fingerprint density at radius 3 is 2.86 bits per heavy atom. The van der Waals surface area contributed by atoms with E-state index in [0.29, 0.717) is 10.7 Å². The Kier molecular flexibility index (Phi) is 5.36. The van der Waals surface area contributed by atoms with Crippen LogP contribution in [-0.4, -0.2) is 33.8 Å². The second-order valence-corrected chi connectivity index (χ2v) is 8.13. The molecule has 2 aromatic heterocycles. The lowest BCUT2D eigenvalue weighted by molar-refractivity contribution is -0.130. The number of nitrogens with one attached hydrogen (secondary N) is 2. The minimum absolute atomic E-state index is 0.0583. The quantitative estimate of drug-likeness (QED) is 0.586. The van der Waals surface area contributed by atoms with Crippen molar-refractivity contribution in [1.82, 2.24) is 15.2 Å². The SMILES string of the molecule is O=C(C[C@@H]1NC(=O)N(Cc2cccc(F)c2)C1=O)Nc1nc(-c2cccs2)cs1. The van der Waals surface area contributed by atoms with Crippen molar-refractivity contribution in [3.63, 3.8) is 0 Å². The van der Waals surface area contributed by atoms with Gasteiger partial charge in [0.25, 0.3) is 5.91 Å². The molecule has 1 atom stereocenters. The fourth-order valence-electron chi connectivity index (χ4n) is 2.91. The molecule has 0 radical (unpaired) electrons. The van der Waals surface area contributed by atoms with Crippen molar-refractivity contribution in [3.8, 4) is 10.6 Å². The molecule has 1 aromatic carbocycles. The summed E-state index contributed by atoms with van der Waals surface area (Å²) in [6.07, 6.45) is -0.210. The lowest BCUT2D eigenvalue weighted by Gasteiger charge is -2.13. The van der Waals surface area contributed by atoms with E-state index in [0.717, 1.165) is 15.5 Å². The number of rotatable bonds is 6. The van der Waals surface area contributed by atoms with Crippen molar-refractivity contribution < 1.29 is 18.8 Å². The number of hydrogen-bond acceptors (Lipinski definition) is 6. The number of hydrogen-bond donors (Lipinski definition) is 2. The first kappa shape index (κ1) is 19.2. The largest absolute Gasteiger partial charge is 0.325 e. The first-order chi connectivity index (χ1) is 14.0. The maximum absolute atomic E-state index is 13.3.